The minimum atomic E-state index is -0.145. The zero-order valence-corrected chi connectivity index (χ0v) is 6.74. The van der Waals surface area contributed by atoms with Gasteiger partial charge in [-0.2, -0.15) is 0 Å². The summed E-state index contributed by atoms with van der Waals surface area (Å²) in [6, 6.07) is 1.67. The summed E-state index contributed by atoms with van der Waals surface area (Å²) in [5.74, 6) is 2.95. The van der Waals surface area contributed by atoms with Crippen molar-refractivity contribution >= 4 is 0 Å². The van der Waals surface area contributed by atoms with E-state index in [0.29, 0.717) is 17.0 Å². The molecule has 0 aliphatic carbocycles. The highest BCUT2D eigenvalue weighted by Gasteiger charge is 2.02. The first kappa shape index (κ1) is 8.57. The SMILES string of the molecule is C#Cc1cnc(CO)c(OC)c1. The smallest absolute Gasteiger partial charge is 0.143 e. The number of hydrogen-bond donors (Lipinski definition) is 1. The van der Waals surface area contributed by atoms with Gasteiger partial charge in [0.15, 0.2) is 0 Å². The molecule has 0 saturated heterocycles. The van der Waals surface area contributed by atoms with Crippen LogP contribution in [0.1, 0.15) is 11.3 Å². The van der Waals surface area contributed by atoms with Crippen LogP contribution in [-0.4, -0.2) is 17.2 Å². The van der Waals surface area contributed by atoms with Gasteiger partial charge in [-0.25, -0.2) is 0 Å². The lowest BCUT2D eigenvalue weighted by Crippen LogP contribution is -1.95. The summed E-state index contributed by atoms with van der Waals surface area (Å²) in [6.07, 6.45) is 6.68. The van der Waals surface area contributed by atoms with E-state index in [2.05, 4.69) is 10.9 Å². The Morgan fingerprint density at radius 1 is 1.75 bits per heavy atom. The molecule has 1 aromatic heterocycles. The summed E-state index contributed by atoms with van der Waals surface area (Å²) in [5.41, 5.74) is 1.14. The molecular formula is C9H9NO2. The molecule has 0 aliphatic heterocycles. The molecule has 12 heavy (non-hydrogen) atoms. The van der Waals surface area contributed by atoms with E-state index in [0.717, 1.165) is 0 Å². The largest absolute Gasteiger partial charge is 0.495 e. The van der Waals surface area contributed by atoms with Crippen molar-refractivity contribution in [3.8, 4) is 18.1 Å². The maximum absolute atomic E-state index is 8.82. The molecule has 1 rings (SSSR count). The number of nitrogens with zero attached hydrogens (tertiary/aromatic N) is 1. The number of hydrogen-bond acceptors (Lipinski definition) is 3. The second-order valence-electron chi connectivity index (χ2n) is 2.18. The summed E-state index contributed by atoms with van der Waals surface area (Å²) in [5, 5.41) is 8.82. The standard InChI is InChI=1S/C9H9NO2/c1-3-7-4-9(12-2)8(6-11)10-5-7/h1,4-5,11H,6H2,2H3. The number of terminal acetylenes is 1. The Bertz CT molecular complexity index is 315. The fourth-order valence-corrected chi connectivity index (χ4v) is 0.847. The molecular weight excluding hydrogens is 154 g/mol. The third kappa shape index (κ3) is 1.55. The first-order valence-corrected chi connectivity index (χ1v) is 3.42. The molecule has 1 heterocycles. The van der Waals surface area contributed by atoms with Gasteiger partial charge in [0.25, 0.3) is 0 Å². The van der Waals surface area contributed by atoms with E-state index in [9.17, 15) is 0 Å². The molecule has 0 atom stereocenters. The van der Waals surface area contributed by atoms with Gasteiger partial charge in [-0.15, -0.1) is 6.42 Å². The third-order valence-corrected chi connectivity index (χ3v) is 1.47. The lowest BCUT2D eigenvalue weighted by atomic mass is 10.2. The zero-order chi connectivity index (χ0) is 8.97. The summed E-state index contributed by atoms with van der Waals surface area (Å²) in [6.45, 7) is -0.145. The van der Waals surface area contributed by atoms with Crippen molar-refractivity contribution in [1.82, 2.24) is 4.98 Å². The minimum absolute atomic E-state index is 0.145. The minimum Gasteiger partial charge on any atom is -0.495 e. The predicted octanol–water partition coefficient (Wildman–Crippen LogP) is 0.564. The zero-order valence-electron chi connectivity index (χ0n) is 6.74. The highest BCUT2D eigenvalue weighted by molar-refractivity contribution is 5.38. The summed E-state index contributed by atoms with van der Waals surface area (Å²) < 4.78 is 4.96. The predicted molar refractivity (Wildman–Crippen MR) is 44.6 cm³/mol. The van der Waals surface area contributed by atoms with Gasteiger partial charge in [-0.1, -0.05) is 5.92 Å². The van der Waals surface area contributed by atoms with Gasteiger partial charge in [0.1, 0.15) is 11.4 Å². The number of ether oxygens (including phenoxy) is 1. The van der Waals surface area contributed by atoms with Crippen LogP contribution in [0.2, 0.25) is 0 Å². The van der Waals surface area contributed by atoms with Gasteiger partial charge in [0.2, 0.25) is 0 Å². The molecule has 0 unspecified atom stereocenters. The summed E-state index contributed by atoms with van der Waals surface area (Å²) in [7, 11) is 1.51. The highest BCUT2D eigenvalue weighted by atomic mass is 16.5. The van der Waals surface area contributed by atoms with Crippen LogP contribution < -0.4 is 4.74 Å². The fourth-order valence-electron chi connectivity index (χ4n) is 0.847. The molecule has 0 spiro atoms. The molecule has 3 heteroatoms. The second-order valence-corrected chi connectivity index (χ2v) is 2.18. The van der Waals surface area contributed by atoms with Gasteiger partial charge in [0.05, 0.1) is 13.7 Å². The quantitative estimate of drug-likeness (QED) is 0.648. The molecule has 0 bridgehead atoms. The van der Waals surface area contributed by atoms with E-state index in [1.54, 1.807) is 6.07 Å². The van der Waals surface area contributed by atoms with E-state index in [1.165, 1.54) is 13.3 Å². The van der Waals surface area contributed by atoms with Crippen molar-refractivity contribution in [2.45, 2.75) is 6.61 Å². The van der Waals surface area contributed by atoms with E-state index in [-0.39, 0.29) is 6.61 Å². The van der Waals surface area contributed by atoms with Gasteiger partial charge in [-0.05, 0) is 6.07 Å². The molecule has 0 fully saturated rings. The number of methoxy groups -OCH3 is 1. The Balaban J connectivity index is 3.13. The van der Waals surface area contributed by atoms with Crippen molar-refractivity contribution in [1.29, 1.82) is 0 Å². The van der Waals surface area contributed by atoms with Crippen molar-refractivity contribution in [3.05, 3.63) is 23.5 Å². The lowest BCUT2D eigenvalue weighted by Gasteiger charge is -2.04. The fraction of sp³-hybridized carbons (Fsp3) is 0.222. The normalized spacial score (nSPS) is 9.08. The highest BCUT2D eigenvalue weighted by Crippen LogP contribution is 2.16. The molecule has 1 aromatic rings. The number of pyridine rings is 1. The average molecular weight is 163 g/mol. The second kappa shape index (κ2) is 3.74. The number of rotatable bonds is 2. The molecule has 0 saturated carbocycles. The number of aliphatic hydroxyl groups excluding tert-OH is 1. The first-order chi connectivity index (χ1) is 5.81. The van der Waals surface area contributed by atoms with Crippen molar-refractivity contribution in [2.75, 3.05) is 7.11 Å². The van der Waals surface area contributed by atoms with Crippen molar-refractivity contribution < 1.29 is 9.84 Å². The Morgan fingerprint density at radius 2 is 2.50 bits per heavy atom. The van der Waals surface area contributed by atoms with Gasteiger partial charge < -0.3 is 9.84 Å². The van der Waals surface area contributed by atoms with Crippen LogP contribution in [0.5, 0.6) is 5.75 Å². The Labute approximate surface area is 71.0 Å². The average Bonchev–Trinajstić information content (AvgIpc) is 2.16. The van der Waals surface area contributed by atoms with Crippen LogP contribution in [0.15, 0.2) is 12.3 Å². The molecule has 3 nitrogen and oxygen atoms in total. The van der Waals surface area contributed by atoms with Crippen molar-refractivity contribution in [3.63, 3.8) is 0 Å². The lowest BCUT2D eigenvalue weighted by molar-refractivity contribution is 0.268. The molecule has 0 aromatic carbocycles. The van der Waals surface area contributed by atoms with Gasteiger partial charge in [-0.3, -0.25) is 4.98 Å². The van der Waals surface area contributed by atoms with E-state index >= 15 is 0 Å². The van der Waals surface area contributed by atoms with Crippen LogP contribution in [0, 0.1) is 12.3 Å². The van der Waals surface area contributed by atoms with Gasteiger partial charge >= 0.3 is 0 Å². The molecule has 0 aliphatic rings. The Kier molecular flexibility index (Phi) is 2.67. The Morgan fingerprint density at radius 3 is 3.00 bits per heavy atom. The summed E-state index contributed by atoms with van der Waals surface area (Å²) >= 11 is 0. The van der Waals surface area contributed by atoms with Gasteiger partial charge in [0, 0.05) is 11.8 Å². The van der Waals surface area contributed by atoms with Crippen LogP contribution >= 0.6 is 0 Å². The third-order valence-electron chi connectivity index (χ3n) is 1.47. The van der Waals surface area contributed by atoms with Crippen molar-refractivity contribution in [2.24, 2.45) is 0 Å². The molecule has 0 amide bonds. The van der Waals surface area contributed by atoms with Crippen LogP contribution in [0.25, 0.3) is 0 Å². The Hall–Kier alpha value is -1.53. The summed E-state index contributed by atoms with van der Waals surface area (Å²) in [4.78, 5) is 3.92. The monoisotopic (exact) mass is 163 g/mol. The molecule has 0 radical (unpaired) electrons. The van der Waals surface area contributed by atoms with E-state index < -0.39 is 0 Å². The van der Waals surface area contributed by atoms with E-state index in [4.69, 9.17) is 16.3 Å². The molecule has 1 N–H and O–H groups in total. The van der Waals surface area contributed by atoms with E-state index in [1.807, 2.05) is 0 Å². The first-order valence-electron chi connectivity index (χ1n) is 3.42. The number of aromatic nitrogens is 1. The van der Waals surface area contributed by atoms with Crippen LogP contribution in [-0.2, 0) is 6.61 Å². The number of aliphatic hydroxyl groups is 1. The molecule has 62 valence electrons. The maximum Gasteiger partial charge on any atom is 0.143 e. The van der Waals surface area contributed by atoms with Crippen LogP contribution in [0.4, 0.5) is 0 Å². The van der Waals surface area contributed by atoms with Crippen LogP contribution in [0.3, 0.4) is 0 Å². The maximum atomic E-state index is 8.82. The topological polar surface area (TPSA) is 42.4 Å².